The summed E-state index contributed by atoms with van der Waals surface area (Å²) in [5, 5.41) is 21.6. The van der Waals surface area contributed by atoms with Crippen LogP contribution in [-0.2, 0) is 4.79 Å². The monoisotopic (exact) mass is 338 g/mol. The van der Waals surface area contributed by atoms with Crippen LogP contribution in [0.5, 0.6) is 0 Å². The third kappa shape index (κ3) is 4.70. The van der Waals surface area contributed by atoms with E-state index in [1.807, 2.05) is 4.90 Å². The molecule has 2 aliphatic heterocycles. The zero-order chi connectivity index (χ0) is 17.0. The highest BCUT2D eigenvalue weighted by Crippen LogP contribution is 2.32. The van der Waals surface area contributed by atoms with Crippen molar-refractivity contribution in [1.29, 1.82) is 0 Å². The second kappa shape index (κ2) is 7.71. The lowest BCUT2D eigenvalue weighted by molar-refractivity contribution is -0.138. The molecule has 3 rings (SSSR count). The Labute approximate surface area is 146 Å². The number of amides is 1. The van der Waals surface area contributed by atoms with Crippen molar-refractivity contribution in [1.82, 2.24) is 9.80 Å². The summed E-state index contributed by atoms with van der Waals surface area (Å²) in [7, 11) is 0. The Morgan fingerprint density at radius 3 is 2.12 bits per heavy atom. The Hall–Kier alpha value is -0.650. The van der Waals surface area contributed by atoms with Crippen molar-refractivity contribution in [3.63, 3.8) is 0 Å². The maximum atomic E-state index is 12.7. The average molecular weight is 338 g/mol. The second-order valence-corrected chi connectivity index (χ2v) is 8.40. The molecule has 138 valence electrons. The average Bonchev–Trinajstić information content (AvgIpc) is 2.95. The SMILES string of the molecule is O=C(CC1(O)CCCCC1)N1CCC[C@](O)(CN2CCCC2)CC1. The number of β-amino-alcohol motifs (C(OH)–C–C–N with tert-alkyl or cyclic N) is 1. The Morgan fingerprint density at radius 2 is 1.42 bits per heavy atom. The van der Waals surface area contributed by atoms with Crippen LogP contribution >= 0.6 is 0 Å². The number of hydrogen-bond donors (Lipinski definition) is 2. The molecule has 5 nitrogen and oxygen atoms in total. The van der Waals surface area contributed by atoms with Gasteiger partial charge in [0.2, 0.25) is 5.91 Å². The molecule has 3 fully saturated rings. The van der Waals surface area contributed by atoms with E-state index in [0.717, 1.165) is 64.7 Å². The minimum atomic E-state index is -0.784. The van der Waals surface area contributed by atoms with E-state index in [4.69, 9.17) is 0 Å². The molecule has 0 unspecified atom stereocenters. The van der Waals surface area contributed by atoms with Crippen LogP contribution in [0.25, 0.3) is 0 Å². The number of rotatable bonds is 4. The van der Waals surface area contributed by atoms with E-state index in [-0.39, 0.29) is 12.3 Å². The van der Waals surface area contributed by atoms with Crippen LogP contribution in [0.2, 0.25) is 0 Å². The molecule has 5 heteroatoms. The third-order valence-electron chi connectivity index (χ3n) is 6.25. The molecule has 0 bridgehead atoms. The van der Waals surface area contributed by atoms with Gasteiger partial charge < -0.3 is 20.0 Å². The highest BCUT2D eigenvalue weighted by Gasteiger charge is 2.37. The molecule has 2 heterocycles. The number of likely N-dealkylation sites (tertiary alicyclic amines) is 2. The van der Waals surface area contributed by atoms with E-state index in [9.17, 15) is 15.0 Å². The van der Waals surface area contributed by atoms with Crippen molar-refractivity contribution in [2.75, 3.05) is 32.7 Å². The largest absolute Gasteiger partial charge is 0.389 e. The number of carbonyl (C=O) groups is 1. The van der Waals surface area contributed by atoms with Crippen molar-refractivity contribution in [3.05, 3.63) is 0 Å². The summed E-state index contributed by atoms with van der Waals surface area (Å²) in [6.45, 7) is 4.28. The van der Waals surface area contributed by atoms with Crippen LogP contribution in [-0.4, -0.2) is 69.8 Å². The van der Waals surface area contributed by atoms with Gasteiger partial charge in [-0.1, -0.05) is 19.3 Å². The Bertz CT molecular complexity index is 430. The lowest BCUT2D eigenvalue weighted by Crippen LogP contribution is -2.44. The van der Waals surface area contributed by atoms with Gasteiger partial charge in [-0.25, -0.2) is 0 Å². The number of carbonyl (C=O) groups excluding carboxylic acids is 1. The Kier molecular flexibility index (Phi) is 5.83. The molecule has 1 amide bonds. The number of aliphatic hydroxyl groups is 2. The zero-order valence-corrected chi connectivity index (χ0v) is 15.0. The normalized spacial score (nSPS) is 31.8. The molecular weight excluding hydrogens is 304 g/mol. The molecule has 3 aliphatic rings. The summed E-state index contributed by atoms with van der Waals surface area (Å²) in [5.41, 5.74) is -1.44. The summed E-state index contributed by atoms with van der Waals surface area (Å²) >= 11 is 0. The van der Waals surface area contributed by atoms with Crippen molar-refractivity contribution >= 4 is 5.91 Å². The minimum absolute atomic E-state index is 0.0739. The van der Waals surface area contributed by atoms with Crippen LogP contribution in [0.4, 0.5) is 0 Å². The smallest absolute Gasteiger partial charge is 0.225 e. The quantitative estimate of drug-likeness (QED) is 0.822. The van der Waals surface area contributed by atoms with Gasteiger partial charge in [-0.15, -0.1) is 0 Å². The van der Waals surface area contributed by atoms with E-state index >= 15 is 0 Å². The fourth-order valence-electron chi connectivity index (χ4n) is 4.72. The van der Waals surface area contributed by atoms with Gasteiger partial charge >= 0.3 is 0 Å². The first-order valence-electron chi connectivity index (χ1n) is 9.93. The predicted molar refractivity (Wildman–Crippen MR) is 93.7 cm³/mol. The maximum Gasteiger partial charge on any atom is 0.225 e. The molecule has 0 aromatic carbocycles. The highest BCUT2D eigenvalue weighted by atomic mass is 16.3. The van der Waals surface area contributed by atoms with E-state index in [0.29, 0.717) is 13.0 Å². The van der Waals surface area contributed by atoms with Crippen LogP contribution in [0, 0.1) is 0 Å². The van der Waals surface area contributed by atoms with E-state index in [2.05, 4.69) is 4.90 Å². The third-order valence-corrected chi connectivity index (χ3v) is 6.25. The Balaban J connectivity index is 1.51. The van der Waals surface area contributed by atoms with Gasteiger partial charge in [0.25, 0.3) is 0 Å². The van der Waals surface area contributed by atoms with E-state index in [1.54, 1.807) is 0 Å². The van der Waals surface area contributed by atoms with Gasteiger partial charge in [-0.2, -0.15) is 0 Å². The number of nitrogens with zero attached hydrogens (tertiary/aromatic N) is 2. The number of hydrogen-bond acceptors (Lipinski definition) is 4. The first kappa shape index (κ1) is 18.2. The first-order chi connectivity index (χ1) is 11.5. The molecule has 24 heavy (non-hydrogen) atoms. The molecule has 0 spiro atoms. The molecular formula is C19H34N2O3. The summed E-state index contributed by atoms with van der Waals surface area (Å²) < 4.78 is 0. The van der Waals surface area contributed by atoms with Crippen molar-refractivity contribution in [3.8, 4) is 0 Å². The fourth-order valence-corrected chi connectivity index (χ4v) is 4.72. The molecule has 2 N–H and O–H groups in total. The standard InChI is InChI=1S/C19H34N2O3/c22-17(15-18(23)7-2-1-3-8-18)21-13-6-9-19(24,10-14-21)16-20-11-4-5-12-20/h23-24H,1-16H2/t19-/m1/s1. The van der Waals surface area contributed by atoms with Gasteiger partial charge in [-0.3, -0.25) is 4.79 Å². The predicted octanol–water partition coefficient (Wildman–Crippen LogP) is 1.91. The molecule has 0 radical (unpaired) electrons. The van der Waals surface area contributed by atoms with Crippen LogP contribution in [0.3, 0.4) is 0 Å². The summed E-state index contributed by atoms with van der Waals surface area (Å²) in [6, 6.07) is 0. The summed E-state index contributed by atoms with van der Waals surface area (Å²) in [4.78, 5) is 16.9. The van der Waals surface area contributed by atoms with Gasteiger partial charge in [-0.05, 0) is 58.0 Å². The van der Waals surface area contributed by atoms with Gasteiger partial charge in [0.1, 0.15) is 0 Å². The molecule has 0 aromatic heterocycles. The summed E-state index contributed by atoms with van der Waals surface area (Å²) in [6.07, 6.45) is 9.76. The van der Waals surface area contributed by atoms with Crippen molar-refractivity contribution in [2.45, 2.75) is 81.8 Å². The lowest BCUT2D eigenvalue weighted by Gasteiger charge is -2.34. The van der Waals surface area contributed by atoms with Crippen LogP contribution < -0.4 is 0 Å². The summed E-state index contributed by atoms with van der Waals surface area (Å²) in [5.74, 6) is 0.0739. The van der Waals surface area contributed by atoms with Crippen LogP contribution in [0.1, 0.15) is 70.6 Å². The zero-order valence-electron chi connectivity index (χ0n) is 15.0. The van der Waals surface area contributed by atoms with E-state index in [1.165, 1.54) is 19.3 Å². The van der Waals surface area contributed by atoms with Gasteiger partial charge in [0.15, 0.2) is 0 Å². The van der Waals surface area contributed by atoms with Gasteiger partial charge in [0.05, 0.1) is 17.6 Å². The van der Waals surface area contributed by atoms with E-state index < -0.39 is 11.2 Å². The topological polar surface area (TPSA) is 64.0 Å². The lowest BCUT2D eigenvalue weighted by atomic mass is 9.82. The highest BCUT2D eigenvalue weighted by molar-refractivity contribution is 5.77. The molecule has 2 saturated heterocycles. The van der Waals surface area contributed by atoms with Crippen molar-refractivity contribution in [2.24, 2.45) is 0 Å². The minimum Gasteiger partial charge on any atom is -0.389 e. The first-order valence-corrected chi connectivity index (χ1v) is 9.93. The molecule has 0 aromatic rings. The molecule has 1 aliphatic carbocycles. The maximum absolute atomic E-state index is 12.7. The molecule has 1 saturated carbocycles. The molecule has 1 atom stereocenters. The Morgan fingerprint density at radius 1 is 0.750 bits per heavy atom. The van der Waals surface area contributed by atoms with Crippen molar-refractivity contribution < 1.29 is 15.0 Å². The fraction of sp³-hybridized carbons (Fsp3) is 0.947. The second-order valence-electron chi connectivity index (χ2n) is 8.40. The van der Waals surface area contributed by atoms with Gasteiger partial charge in [0, 0.05) is 19.6 Å². The van der Waals surface area contributed by atoms with Crippen LogP contribution in [0.15, 0.2) is 0 Å².